The highest BCUT2D eigenvalue weighted by Crippen LogP contribution is 2.50. The highest BCUT2D eigenvalue weighted by Gasteiger charge is 2.44. The fourth-order valence-electron chi connectivity index (χ4n) is 2.14. The number of amidine groups is 1. The van der Waals surface area contributed by atoms with Gasteiger partial charge in [0.1, 0.15) is 0 Å². The van der Waals surface area contributed by atoms with E-state index in [2.05, 4.69) is 0 Å². The fraction of sp³-hybridized carbons (Fsp3) is 0.500. The standard InChI is InChI=1S/C14H20N2O3/c1-17-10-4-3-5-11(18-2)13(10)19-9-14(6-7-14)8-12(15)16/h3-5H,6-9H2,1-2H3,(H3,15,16). The Kier molecular flexibility index (Phi) is 3.83. The lowest BCUT2D eigenvalue weighted by molar-refractivity contribution is 0.218. The second kappa shape index (κ2) is 5.38. The summed E-state index contributed by atoms with van der Waals surface area (Å²) in [5.74, 6) is 2.13. The van der Waals surface area contributed by atoms with Gasteiger partial charge in [0.2, 0.25) is 5.75 Å². The molecule has 1 aromatic rings. The minimum absolute atomic E-state index is 0.0255. The zero-order valence-corrected chi connectivity index (χ0v) is 11.4. The maximum atomic E-state index is 7.40. The lowest BCUT2D eigenvalue weighted by atomic mass is 10.0. The number of hydrogen-bond acceptors (Lipinski definition) is 4. The van der Waals surface area contributed by atoms with Crippen LogP contribution in [-0.4, -0.2) is 26.7 Å². The van der Waals surface area contributed by atoms with Crippen LogP contribution < -0.4 is 19.9 Å². The maximum Gasteiger partial charge on any atom is 0.203 e. The van der Waals surface area contributed by atoms with E-state index < -0.39 is 0 Å². The molecule has 0 unspecified atom stereocenters. The monoisotopic (exact) mass is 264 g/mol. The molecule has 0 radical (unpaired) electrons. The molecule has 5 nitrogen and oxygen atoms in total. The molecule has 0 amide bonds. The molecule has 104 valence electrons. The van der Waals surface area contributed by atoms with Gasteiger partial charge in [-0.1, -0.05) is 6.07 Å². The highest BCUT2D eigenvalue weighted by molar-refractivity contribution is 5.78. The molecule has 1 fully saturated rings. The normalized spacial score (nSPS) is 15.7. The van der Waals surface area contributed by atoms with E-state index in [9.17, 15) is 0 Å². The largest absolute Gasteiger partial charge is 0.493 e. The highest BCUT2D eigenvalue weighted by atomic mass is 16.5. The molecule has 0 saturated heterocycles. The summed E-state index contributed by atoms with van der Waals surface area (Å²) in [5.41, 5.74) is 5.50. The third kappa shape index (κ3) is 3.10. The second-order valence-corrected chi connectivity index (χ2v) is 4.98. The van der Waals surface area contributed by atoms with Crippen molar-refractivity contribution in [1.82, 2.24) is 0 Å². The predicted molar refractivity (Wildman–Crippen MR) is 73.2 cm³/mol. The number of hydrogen-bond donors (Lipinski definition) is 2. The van der Waals surface area contributed by atoms with Gasteiger partial charge in [-0.15, -0.1) is 0 Å². The zero-order valence-electron chi connectivity index (χ0n) is 11.4. The van der Waals surface area contributed by atoms with Gasteiger partial charge in [-0.3, -0.25) is 5.41 Å². The van der Waals surface area contributed by atoms with Crippen molar-refractivity contribution in [2.45, 2.75) is 19.3 Å². The fourth-order valence-corrected chi connectivity index (χ4v) is 2.14. The van der Waals surface area contributed by atoms with Crippen molar-refractivity contribution in [3.8, 4) is 17.2 Å². The molecule has 5 heteroatoms. The number of para-hydroxylation sites is 1. The molecule has 0 spiro atoms. The van der Waals surface area contributed by atoms with Gasteiger partial charge < -0.3 is 19.9 Å². The van der Waals surface area contributed by atoms with Gasteiger partial charge >= 0.3 is 0 Å². The van der Waals surface area contributed by atoms with Gasteiger partial charge in [-0.2, -0.15) is 0 Å². The van der Waals surface area contributed by atoms with Crippen LogP contribution in [0.4, 0.5) is 0 Å². The van der Waals surface area contributed by atoms with Gasteiger partial charge in [0, 0.05) is 11.8 Å². The molecular formula is C14H20N2O3. The Morgan fingerprint density at radius 2 is 1.84 bits per heavy atom. The Bertz CT molecular complexity index is 448. The van der Waals surface area contributed by atoms with Crippen molar-refractivity contribution in [3.05, 3.63) is 18.2 Å². The van der Waals surface area contributed by atoms with Crippen molar-refractivity contribution >= 4 is 5.84 Å². The van der Waals surface area contributed by atoms with Crippen LogP contribution in [0.15, 0.2) is 18.2 Å². The van der Waals surface area contributed by atoms with E-state index in [-0.39, 0.29) is 11.3 Å². The van der Waals surface area contributed by atoms with E-state index in [1.807, 2.05) is 18.2 Å². The molecule has 0 atom stereocenters. The van der Waals surface area contributed by atoms with Gasteiger partial charge in [0.25, 0.3) is 0 Å². The van der Waals surface area contributed by atoms with Crippen molar-refractivity contribution in [2.24, 2.45) is 11.1 Å². The van der Waals surface area contributed by atoms with Gasteiger partial charge in [-0.05, 0) is 25.0 Å². The molecule has 0 aliphatic heterocycles. The van der Waals surface area contributed by atoms with Crippen LogP contribution in [0.1, 0.15) is 19.3 Å². The minimum Gasteiger partial charge on any atom is -0.493 e. The summed E-state index contributed by atoms with van der Waals surface area (Å²) in [6.07, 6.45) is 2.68. The van der Waals surface area contributed by atoms with E-state index in [1.54, 1.807) is 14.2 Å². The van der Waals surface area contributed by atoms with Crippen LogP contribution in [0.25, 0.3) is 0 Å². The Labute approximate surface area is 113 Å². The first-order valence-electron chi connectivity index (χ1n) is 6.27. The number of ether oxygens (including phenoxy) is 3. The second-order valence-electron chi connectivity index (χ2n) is 4.98. The van der Waals surface area contributed by atoms with Crippen LogP contribution in [0, 0.1) is 10.8 Å². The van der Waals surface area contributed by atoms with Crippen LogP contribution in [-0.2, 0) is 0 Å². The van der Waals surface area contributed by atoms with Crippen molar-refractivity contribution < 1.29 is 14.2 Å². The average Bonchev–Trinajstić information content (AvgIpc) is 3.15. The van der Waals surface area contributed by atoms with Gasteiger partial charge in [0.05, 0.1) is 26.7 Å². The lowest BCUT2D eigenvalue weighted by Gasteiger charge is -2.18. The molecule has 1 aliphatic carbocycles. The Morgan fingerprint density at radius 3 is 2.26 bits per heavy atom. The number of methoxy groups -OCH3 is 2. The molecule has 1 aliphatic rings. The maximum absolute atomic E-state index is 7.40. The van der Waals surface area contributed by atoms with E-state index in [1.165, 1.54) is 0 Å². The third-order valence-corrected chi connectivity index (χ3v) is 3.43. The zero-order chi connectivity index (χ0) is 13.9. The predicted octanol–water partition coefficient (Wildman–Crippen LogP) is 2.19. The Balaban J connectivity index is 2.09. The van der Waals surface area contributed by atoms with E-state index in [0.717, 1.165) is 12.8 Å². The molecule has 1 saturated carbocycles. The number of benzene rings is 1. The lowest BCUT2D eigenvalue weighted by Crippen LogP contribution is -2.22. The molecule has 0 heterocycles. The minimum atomic E-state index is 0.0255. The van der Waals surface area contributed by atoms with E-state index >= 15 is 0 Å². The quantitative estimate of drug-likeness (QED) is 0.584. The van der Waals surface area contributed by atoms with Crippen molar-refractivity contribution in [1.29, 1.82) is 5.41 Å². The van der Waals surface area contributed by atoms with Gasteiger partial charge in [0.15, 0.2) is 11.5 Å². The Hall–Kier alpha value is -1.91. The number of nitrogens with two attached hydrogens (primary N) is 1. The van der Waals surface area contributed by atoms with Crippen molar-refractivity contribution in [2.75, 3.05) is 20.8 Å². The summed E-state index contributed by atoms with van der Waals surface area (Å²) in [6.45, 7) is 0.531. The molecule has 0 bridgehead atoms. The summed E-state index contributed by atoms with van der Waals surface area (Å²) in [5, 5.41) is 7.40. The molecule has 2 rings (SSSR count). The molecule has 19 heavy (non-hydrogen) atoms. The van der Waals surface area contributed by atoms with Crippen molar-refractivity contribution in [3.63, 3.8) is 0 Å². The SMILES string of the molecule is COc1cccc(OC)c1OCC1(CC(=N)N)CC1. The van der Waals surface area contributed by atoms with Crippen LogP contribution in [0.3, 0.4) is 0 Å². The van der Waals surface area contributed by atoms with Gasteiger partial charge in [-0.25, -0.2) is 0 Å². The summed E-state index contributed by atoms with van der Waals surface area (Å²) in [7, 11) is 3.20. The first-order valence-corrected chi connectivity index (χ1v) is 6.27. The van der Waals surface area contributed by atoms with E-state index in [4.69, 9.17) is 25.4 Å². The average molecular weight is 264 g/mol. The van der Waals surface area contributed by atoms with Crippen LogP contribution in [0.5, 0.6) is 17.2 Å². The summed E-state index contributed by atoms with van der Waals surface area (Å²) >= 11 is 0. The molecule has 1 aromatic carbocycles. The first-order chi connectivity index (χ1) is 9.10. The summed E-state index contributed by atoms with van der Waals surface area (Å²) < 4.78 is 16.4. The van der Waals surface area contributed by atoms with E-state index in [0.29, 0.717) is 30.3 Å². The summed E-state index contributed by atoms with van der Waals surface area (Å²) in [4.78, 5) is 0. The first kappa shape index (κ1) is 13.5. The molecule has 3 N–H and O–H groups in total. The van der Waals surface area contributed by atoms with Crippen LogP contribution in [0.2, 0.25) is 0 Å². The smallest absolute Gasteiger partial charge is 0.203 e. The number of nitrogens with one attached hydrogen (secondary N) is 1. The topological polar surface area (TPSA) is 77.6 Å². The summed E-state index contributed by atoms with van der Waals surface area (Å²) in [6, 6.07) is 5.53. The Morgan fingerprint density at radius 1 is 1.26 bits per heavy atom. The van der Waals surface area contributed by atoms with Crippen LogP contribution >= 0.6 is 0 Å². The number of rotatable bonds is 7. The molecule has 0 aromatic heterocycles. The molecular weight excluding hydrogens is 244 g/mol. The third-order valence-electron chi connectivity index (χ3n) is 3.43.